The van der Waals surface area contributed by atoms with Crippen LogP contribution in [0.25, 0.3) is 11.0 Å². The van der Waals surface area contributed by atoms with Crippen LogP contribution in [0.2, 0.25) is 0 Å². The van der Waals surface area contributed by atoms with Crippen molar-refractivity contribution in [3.8, 4) is 0 Å². The van der Waals surface area contributed by atoms with Crippen LogP contribution in [0.15, 0.2) is 22.6 Å². The lowest BCUT2D eigenvalue weighted by Crippen LogP contribution is -2.43. The third kappa shape index (κ3) is 2.58. The van der Waals surface area contributed by atoms with Gasteiger partial charge in [0.05, 0.1) is 5.69 Å². The maximum atomic E-state index is 13.8. The molecule has 0 atom stereocenters. The number of benzene rings is 1. The first-order valence-electron chi connectivity index (χ1n) is 6.96. The summed E-state index contributed by atoms with van der Waals surface area (Å²) in [6, 6.07) is 4.48. The van der Waals surface area contributed by atoms with Crippen LogP contribution < -0.4 is 10.2 Å². The minimum atomic E-state index is -0.319. The number of halogens is 1. The van der Waals surface area contributed by atoms with Gasteiger partial charge in [-0.25, -0.2) is 4.39 Å². The molecule has 0 spiro atoms. The number of carbonyl (C=O) groups excluding carboxylic acids is 1. The molecule has 112 valence electrons. The maximum Gasteiger partial charge on any atom is 0.289 e. The summed E-state index contributed by atoms with van der Waals surface area (Å²) in [6.45, 7) is 3.27. The van der Waals surface area contributed by atoms with Gasteiger partial charge >= 0.3 is 0 Å². The molecule has 0 unspecified atom stereocenters. The van der Waals surface area contributed by atoms with E-state index in [9.17, 15) is 9.18 Å². The standard InChI is InChI=1S/C15H18FN3O2/c1-18(2)15(20)13-8-10-7-11(16)9-12(14(10)21-13)19-5-3-17-4-6-19/h7-9,17H,3-6H2,1-2H3. The van der Waals surface area contributed by atoms with Crippen molar-refractivity contribution < 1.29 is 13.6 Å². The summed E-state index contributed by atoms with van der Waals surface area (Å²) in [5, 5.41) is 3.88. The highest BCUT2D eigenvalue weighted by molar-refractivity contribution is 5.99. The molecule has 0 radical (unpaired) electrons. The molecule has 21 heavy (non-hydrogen) atoms. The van der Waals surface area contributed by atoms with Gasteiger partial charge in [-0.2, -0.15) is 0 Å². The van der Waals surface area contributed by atoms with Crippen molar-refractivity contribution in [3.63, 3.8) is 0 Å². The number of carbonyl (C=O) groups is 1. The summed E-state index contributed by atoms with van der Waals surface area (Å²) >= 11 is 0. The van der Waals surface area contributed by atoms with Crippen LogP contribution in [0, 0.1) is 5.82 Å². The third-order valence-electron chi connectivity index (χ3n) is 3.64. The zero-order chi connectivity index (χ0) is 15.0. The molecule has 0 aliphatic carbocycles. The summed E-state index contributed by atoms with van der Waals surface area (Å²) in [5.41, 5.74) is 1.29. The van der Waals surface area contributed by atoms with Crippen molar-refractivity contribution >= 4 is 22.6 Å². The Kier molecular flexibility index (Phi) is 3.55. The summed E-state index contributed by atoms with van der Waals surface area (Å²) in [4.78, 5) is 15.5. The lowest BCUT2D eigenvalue weighted by Gasteiger charge is -2.29. The normalized spacial score (nSPS) is 15.5. The third-order valence-corrected chi connectivity index (χ3v) is 3.64. The highest BCUT2D eigenvalue weighted by Gasteiger charge is 2.20. The summed E-state index contributed by atoms with van der Waals surface area (Å²) in [5.74, 6) is -0.310. The Bertz CT molecular complexity index is 675. The molecule has 1 N–H and O–H groups in total. The Balaban J connectivity index is 2.08. The minimum absolute atomic E-state index is 0.224. The van der Waals surface area contributed by atoms with E-state index in [1.54, 1.807) is 20.2 Å². The van der Waals surface area contributed by atoms with E-state index in [1.165, 1.54) is 17.0 Å². The summed E-state index contributed by atoms with van der Waals surface area (Å²) in [6.07, 6.45) is 0. The van der Waals surface area contributed by atoms with E-state index in [-0.39, 0.29) is 17.5 Å². The topological polar surface area (TPSA) is 48.7 Å². The van der Waals surface area contributed by atoms with Gasteiger partial charge in [-0.15, -0.1) is 0 Å². The molecule has 1 aliphatic heterocycles. The predicted octanol–water partition coefficient (Wildman–Crippen LogP) is 1.68. The Morgan fingerprint density at radius 2 is 2.00 bits per heavy atom. The van der Waals surface area contributed by atoms with Crippen LogP contribution >= 0.6 is 0 Å². The molecule has 1 fully saturated rings. The molecular formula is C15H18FN3O2. The zero-order valence-corrected chi connectivity index (χ0v) is 12.1. The van der Waals surface area contributed by atoms with Gasteiger partial charge in [-0.1, -0.05) is 0 Å². The lowest BCUT2D eigenvalue weighted by atomic mass is 10.2. The molecule has 1 saturated heterocycles. The monoisotopic (exact) mass is 291 g/mol. The average molecular weight is 291 g/mol. The van der Waals surface area contributed by atoms with Crippen LogP contribution in [0.3, 0.4) is 0 Å². The fourth-order valence-electron chi connectivity index (χ4n) is 2.57. The second kappa shape index (κ2) is 5.37. The number of rotatable bonds is 2. The largest absolute Gasteiger partial charge is 0.449 e. The Morgan fingerprint density at radius 3 is 2.67 bits per heavy atom. The first kappa shape index (κ1) is 13.9. The summed E-state index contributed by atoms with van der Waals surface area (Å²) in [7, 11) is 3.32. The van der Waals surface area contributed by atoms with E-state index < -0.39 is 0 Å². The number of hydrogen-bond donors (Lipinski definition) is 1. The highest BCUT2D eigenvalue weighted by Crippen LogP contribution is 2.31. The van der Waals surface area contributed by atoms with E-state index in [1.807, 2.05) is 0 Å². The Hall–Kier alpha value is -2.08. The van der Waals surface area contributed by atoms with Crippen LogP contribution in [0.4, 0.5) is 10.1 Å². The van der Waals surface area contributed by atoms with Crippen LogP contribution in [0.1, 0.15) is 10.6 Å². The van der Waals surface area contributed by atoms with Crippen molar-refractivity contribution in [2.75, 3.05) is 45.2 Å². The quantitative estimate of drug-likeness (QED) is 0.914. The molecule has 1 aliphatic rings. The second-order valence-electron chi connectivity index (χ2n) is 5.39. The second-order valence-corrected chi connectivity index (χ2v) is 5.39. The van der Waals surface area contributed by atoms with Crippen LogP contribution in [-0.4, -0.2) is 51.1 Å². The van der Waals surface area contributed by atoms with Gasteiger partial charge in [0, 0.05) is 51.7 Å². The summed E-state index contributed by atoms with van der Waals surface area (Å²) < 4.78 is 19.6. The molecule has 3 rings (SSSR count). The number of anilines is 1. The number of piperazine rings is 1. The molecule has 1 aromatic heterocycles. The van der Waals surface area contributed by atoms with Gasteiger partial charge in [-0.3, -0.25) is 4.79 Å². The molecule has 5 nitrogen and oxygen atoms in total. The average Bonchev–Trinajstić information content (AvgIpc) is 2.90. The number of fused-ring (bicyclic) bond motifs is 1. The van der Waals surface area contributed by atoms with E-state index in [4.69, 9.17) is 4.42 Å². The molecule has 2 heterocycles. The van der Waals surface area contributed by atoms with Crippen molar-refractivity contribution in [1.29, 1.82) is 0 Å². The van der Waals surface area contributed by atoms with Gasteiger partial charge in [0.25, 0.3) is 5.91 Å². The predicted molar refractivity (Wildman–Crippen MR) is 79.3 cm³/mol. The lowest BCUT2D eigenvalue weighted by molar-refractivity contribution is 0.0799. The van der Waals surface area contributed by atoms with Crippen molar-refractivity contribution in [2.45, 2.75) is 0 Å². The minimum Gasteiger partial charge on any atom is -0.449 e. The first-order valence-corrected chi connectivity index (χ1v) is 6.96. The van der Waals surface area contributed by atoms with Gasteiger partial charge in [0.15, 0.2) is 11.3 Å². The SMILES string of the molecule is CN(C)C(=O)c1cc2cc(F)cc(N3CCNCC3)c2o1. The molecule has 0 saturated carbocycles. The number of nitrogens with one attached hydrogen (secondary N) is 1. The van der Waals surface area contributed by atoms with Crippen molar-refractivity contribution in [3.05, 3.63) is 29.8 Å². The van der Waals surface area contributed by atoms with Crippen LogP contribution in [-0.2, 0) is 0 Å². The molecule has 6 heteroatoms. The zero-order valence-electron chi connectivity index (χ0n) is 12.1. The Labute approximate surface area is 122 Å². The number of furan rings is 1. The maximum absolute atomic E-state index is 13.8. The first-order chi connectivity index (χ1) is 10.1. The van der Waals surface area contributed by atoms with E-state index >= 15 is 0 Å². The molecule has 1 aromatic carbocycles. The fraction of sp³-hybridized carbons (Fsp3) is 0.400. The molecular weight excluding hydrogens is 273 g/mol. The Morgan fingerprint density at radius 1 is 1.29 bits per heavy atom. The van der Waals surface area contributed by atoms with E-state index in [2.05, 4.69) is 10.2 Å². The smallest absolute Gasteiger partial charge is 0.289 e. The van der Waals surface area contributed by atoms with Gasteiger partial charge in [0.2, 0.25) is 0 Å². The number of nitrogens with zero attached hydrogens (tertiary/aromatic N) is 2. The number of hydrogen-bond acceptors (Lipinski definition) is 4. The van der Waals surface area contributed by atoms with Gasteiger partial charge in [-0.05, 0) is 12.1 Å². The van der Waals surface area contributed by atoms with Gasteiger partial charge < -0.3 is 19.5 Å². The van der Waals surface area contributed by atoms with E-state index in [0.717, 1.165) is 26.2 Å². The molecule has 0 bridgehead atoms. The highest BCUT2D eigenvalue weighted by atomic mass is 19.1. The molecule has 1 amide bonds. The van der Waals surface area contributed by atoms with Crippen molar-refractivity contribution in [1.82, 2.24) is 10.2 Å². The van der Waals surface area contributed by atoms with Crippen molar-refractivity contribution in [2.24, 2.45) is 0 Å². The van der Waals surface area contributed by atoms with Gasteiger partial charge in [0.1, 0.15) is 5.82 Å². The fourth-order valence-corrected chi connectivity index (χ4v) is 2.57. The van der Waals surface area contributed by atoms with E-state index in [0.29, 0.717) is 16.7 Å². The molecule has 2 aromatic rings. The van der Waals surface area contributed by atoms with Crippen LogP contribution in [0.5, 0.6) is 0 Å². The number of amides is 1.